The fraction of sp³-hybridized carbons (Fsp3) is 0.300. The number of carbonyl (C=O) groups excluding carboxylic acids is 1. The fourth-order valence-electron chi connectivity index (χ4n) is 2.60. The Hall–Kier alpha value is -2.38. The highest BCUT2D eigenvalue weighted by Crippen LogP contribution is 2.35. The first-order valence-electron chi connectivity index (χ1n) is 8.62. The summed E-state index contributed by atoms with van der Waals surface area (Å²) in [4.78, 5) is 17.9. The van der Waals surface area contributed by atoms with Crippen molar-refractivity contribution in [2.24, 2.45) is 5.41 Å². The highest BCUT2D eigenvalue weighted by molar-refractivity contribution is 7.10. The topological polar surface area (TPSA) is 63.2 Å². The van der Waals surface area contributed by atoms with Crippen LogP contribution >= 0.6 is 22.7 Å². The predicted octanol–water partition coefficient (Wildman–Crippen LogP) is 5.69. The van der Waals surface area contributed by atoms with Crippen LogP contribution in [-0.4, -0.2) is 11.0 Å². The molecule has 0 fully saturated rings. The van der Waals surface area contributed by atoms with Crippen LogP contribution in [0.1, 0.15) is 37.4 Å². The van der Waals surface area contributed by atoms with Crippen LogP contribution in [0.3, 0.4) is 0 Å². The van der Waals surface area contributed by atoms with Crippen molar-refractivity contribution in [2.45, 2.75) is 33.4 Å². The Bertz CT molecular complexity index is 856. The zero-order valence-electron chi connectivity index (χ0n) is 15.6. The summed E-state index contributed by atoms with van der Waals surface area (Å²) in [5, 5.41) is 9.97. The van der Waals surface area contributed by atoms with Crippen LogP contribution in [0.4, 0.5) is 10.5 Å². The van der Waals surface area contributed by atoms with Gasteiger partial charge in [-0.2, -0.15) is 0 Å². The molecule has 2 heterocycles. The molecule has 142 valence electrons. The summed E-state index contributed by atoms with van der Waals surface area (Å²) >= 11 is 3.18. The van der Waals surface area contributed by atoms with Gasteiger partial charge in [0.05, 0.1) is 17.2 Å². The molecular weight excluding hydrogens is 378 g/mol. The third-order valence-electron chi connectivity index (χ3n) is 3.93. The first kappa shape index (κ1) is 19.4. The molecule has 0 spiro atoms. The van der Waals surface area contributed by atoms with E-state index in [1.54, 1.807) is 16.8 Å². The monoisotopic (exact) mass is 401 g/mol. The lowest BCUT2D eigenvalue weighted by molar-refractivity contribution is 0.230. The average Bonchev–Trinajstić information content (AvgIpc) is 3.31. The third kappa shape index (κ3) is 5.55. The molecule has 0 aliphatic heterocycles. The maximum absolute atomic E-state index is 12.6. The molecule has 27 heavy (non-hydrogen) atoms. The van der Waals surface area contributed by atoms with Gasteiger partial charge in [0.1, 0.15) is 12.4 Å². The summed E-state index contributed by atoms with van der Waals surface area (Å²) in [6.07, 6.45) is 0. The molecule has 2 aromatic heterocycles. The number of thiazole rings is 1. The van der Waals surface area contributed by atoms with Gasteiger partial charge in [-0.1, -0.05) is 32.9 Å². The number of hydrogen-bond acceptors (Lipinski definition) is 5. The number of aromatic nitrogens is 1. The van der Waals surface area contributed by atoms with Crippen LogP contribution in [0.5, 0.6) is 5.75 Å². The number of nitrogens with one attached hydrogen (secondary N) is 2. The second-order valence-corrected chi connectivity index (χ2v) is 8.91. The summed E-state index contributed by atoms with van der Waals surface area (Å²) in [6, 6.07) is 11.1. The van der Waals surface area contributed by atoms with E-state index in [1.165, 1.54) is 11.3 Å². The van der Waals surface area contributed by atoms with Gasteiger partial charge < -0.3 is 15.4 Å². The smallest absolute Gasteiger partial charge is 0.319 e. The van der Waals surface area contributed by atoms with Crippen molar-refractivity contribution >= 4 is 34.4 Å². The van der Waals surface area contributed by atoms with E-state index in [2.05, 4.69) is 36.4 Å². The maximum Gasteiger partial charge on any atom is 0.319 e. The van der Waals surface area contributed by atoms with Crippen molar-refractivity contribution in [3.63, 3.8) is 0 Å². The van der Waals surface area contributed by atoms with Crippen molar-refractivity contribution in [1.82, 2.24) is 10.3 Å². The van der Waals surface area contributed by atoms with Gasteiger partial charge in [0.2, 0.25) is 0 Å². The largest absolute Gasteiger partial charge is 0.487 e. The first-order valence-corrected chi connectivity index (χ1v) is 10.4. The zero-order valence-corrected chi connectivity index (χ0v) is 17.2. The van der Waals surface area contributed by atoms with Crippen LogP contribution in [-0.2, 0) is 6.61 Å². The minimum Gasteiger partial charge on any atom is -0.487 e. The lowest BCUT2D eigenvalue weighted by Crippen LogP contribution is -2.38. The molecule has 1 atom stereocenters. The van der Waals surface area contributed by atoms with Gasteiger partial charge in [-0.3, -0.25) is 0 Å². The molecule has 5 nitrogen and oxygen atoms in total. The normalized spacial score (nSPS) is 12.4. The number of benzene rings is 1. The molecule has 3 rings (SSSR count). The average molecular weight is 402 g/mol. The Morgan fingerprint density at radius 1 is 1.26 bits per heavy atom. The number of thiophene rings is 1. The minimum atomic E-state index is -0.236. The van der Waals surface area contributed by atoms with Crippen LogP contribution in [0, 0.1) is 5.41 Å². The number of rotatable bonds is 6. The highest BCUT2D eigenvalue weighted by Gasteiger charge is 2.28. The molecule has 0 saturated heterocycles. The van der Waals surface area contributed by atoms with E-state index in [4.69, 9.17) is 4.74 Å². The molecule has 2 amide bonds. The van der Waals surface area contributed by atoms with Crippen LogP contribution in [0.2, 0.25) is 0 Å². The highest BCUT2D eigenvalue weighted by atomic mass is 32.1. The number of hydrogen-bond donors (Lipinski definition) is 2. The summed E-state index contributed by atoms with van der Waals surface area (Å²) in [6.45, 7) is 6.75. The molecule has 0 aliphatic carbocycles. The van der Waals surface area contributed by atoms with Crippen LogP contribution in [0.15, 0.2) is 52.7 Å². The van der Waals surface area contributed by atoms with Gasteiger partial charge in [0.25, 0.3) is 0 Å². The lowest BCUT2D eigenvalue weighted by atomic mass is 9.86. The summed E-state index contributed by atoms with van der Waals surface area (Å²) in [5.41, 5.74) is 3.25. The van der Waals surface area contributed by atoms with Gasteiger partial charge in [-0.25, -0.2) is 9.78 Å². The molecule has 0 radical (unpaired) electrons. The number of carbonyl (C=O) groups is 1. The van der Waals surface area contributed by atoms with Gasteiger partial charge in [0, 0.05) is 22.0 Å². The van der Waals surface area contributed by atoms with E-state index in [9.17, 15) is 4.79 Å². The molecule has 1 aromatic carbocycles. The van der Waals surface area contributed by atoms with E-state index >= 15 is 0 Å². The van der Waals surface area contributed by atoms with Crippen molar-refractivity contribution < 1.29 is 9.53 Å². The summed E-state index contributed by atoms with van der Waals surface area (Å²) in [5.74, 6) is 0.687. The van der Waals surface area contributed by atoms with Gasteiger partial charge >= 0.3 is 6.03 Å². The molecule has 7 heteroatoms. The van der Waals surface area contributed by atoms with Gasteiger partial charge in [-0.05, 0) is 29.0 Å². The van der Waals surface area contributed by atoms with Crippen molar-refractivity contribution in [3.8, 4) is 5.75 Å². The number of amides is 2. The standard InChI is InChI=1S/C20H23N3O2S2/c1-20(2,3)18(17-8-5-9-27-17)23-19(24)22-14-6-4-7-16(10-14)25-11-15-12-26-13-21-15/h4-10,12-13,18H,11H2,1-3H3,(H2,22,23,24). The van der Waals surface area contributed by atoms with Gasteiger partial charge in [0.15, 0.2) is 0 Å². The van der Waals surface area contributed by atoms with Crippen LogP contribution in [0.25, 0.3) is 0 Å². The van der Waals surface area contributed by atoms with E-state index in [0.717, 1.165) is 10.6 Å². The predicted molar refractivity (Wildman–Crippen MR) is 112 cm³/mol. The number of nitrogens with zero attached hydrogens (tertiary/aromatic N) is 1. The second kappa shape index (κ2) is 8.54. The Labute approximate surface area is 167 Å². The first-order chi connectivity index (χ1) is 12.9. The summed E-state index contributed by atoms with van der Waals surface area (Å²) < 4.78 is 5.74. The number of urea groups is 1. The van der Waals surface area contributed by atoms with E-state index in [0.29, 0.717) is 18.0 Å². The second-order valence-electron chi connectivity index (χ2n) is 7.21. The summed E-state index contributed by atoms with van der Waals surface area (Å²) in [7, 11) is 0. The quantitative estimate of drug-likeness (QED) is 0.557. The number of anilines is 1. The molecule has 3 aromatic rings. The molecule has 0 bridgehead atoms. The molecule has 2 N–H and O–H groups in total. The third-order valence-corrected chi connectivity index (χ3v) is 5.50. The fourth-order valence-corrected chi connectivity index (χ4v) is 4.16. The van der Waals surface area contributed by atoms with E-state index in [1.807, 2.05) is 47.2 Å². The minimum absolute atomic E-state index is 0.0680. The van der Waals surface area contributed by atoms with Gasteiger partial charge in [-0.15, -0.1) is 22.7 Å². The Balaban J connectivity index is 1.62. The molecule has 0 saturated carbocycles. The Morgan fingerprint density at radius 2 is 2.11 bits per heavy atom. The SMILES string of the molecule is CC(C)(C)C(NC(=O)Nc1cccc(OCc2cscn2)c1)c1cccs1. The lowest BCUT2D eigenvalue weighted by Gasteiger charge is -2.30. The molecule has 1 unspecified atom stereocenters. The number of ether oxygens (including phenoxy) is 1. The Kier molecular flexibility index (Phi) is 6.13. The molecule has 0 aliphatic rings. The van der Waals surface area contributed by atoms with E-state index in [-0.39, 0.29) is 17.5 Å². The Morgan fingerprint density at radius 3 is 2.78 bits per heavy atom. The van der Waals surface area contributed by atoms with Crippen molar-refractivity contribution in [3.05, 3.63) is 63.2 Å². The van der Waals surface area contributed by atoms with Crippen molar-refractivity contribution in [2.75, 3.05) is 5.32 Å². The van der Waals surface area contributed by atoms with E-state index < -0.39 is 0 Å². The molecular formula is C20H23N3O2S2. The van der Waals surface area contributed by atoms with Crippen LogP contribution < -0.4 is 15.4 Å². The zero-order chi connectivity index (χ0) is 19.3. The maximum atomic E-state index is 12.6. The van der Waals surface area contributed by atoms with Crippen molar-refractivity contribution in [1.29, 1.82) is 0 Å².